The molecule has 1 aromatic rings. The molecule has 0 saturated carbocycles. The van der Waals surface area contributed by atoms with E-state index in [1.54, 1.807) is 14.0 Å². The number of carboxylic acid groups (broad SMARTS) is 1. The lowest BCUT2D eigenvalue weighted by molar-refractivity contribution is -0.138. The lowest BCUT2D eigenvalue weighted by Gasteiger charge is -2.10. The van der Waals surface area contributed by atoms with Crippen molar-refractivity contribution in [3.05, 3.63) is 12.0 Å². The van der Waals surface area contributed by atoms with Crippen molar-refractivity contribution in [3.63, 3.8) is 0 Å². The summed E-state index contributed by atoms with van der Waals surface area (Å²) in [5, 5.41) is 8.60. The number of carbonyl (C=O) groups is 1. The fraction of sp³-hybridized carbons (Fsp3) is 0.400. The summed E-state index contributed by atoms with van der Waals surface area (Å²) in [7, 11) is -2.35. The maximum atomic E-state index is 11.9. The van der Waals surface area contributed by atoms with Crippen LogP contribution in [-0.4, -0.2) is 35.1 Å². The Bertz CT molecular complexity index is 578. The first kappa shape index (κ1) is 14.2. The van der Waals surface area contributed by atoms with Crippen molar-refractivity contribution in [2.24, 2.45) is 7.05 Å². The second-order valence-corrected chi connectivity index (χ2v) is 5.32. The normalized spacial score (nSPS) is 12.9. The molecule has 0 radical (unpaired) electrons. The highest BCUT2D eigenvalue weighted by molar-refractivity contribution is 7.89. The van der Waals surface area contributed by atoms with Crippen LogP contribution in [0.5, 0.6) is 0 Å². The van der Waals surface area contributed by atoms with Gasteiger partial charge in [-0.15, -0.1) is 12.3 Å². The number of aromatic nitrogens is 2. The van der Waals surface area contributed by atoms with Crippen LogP contribution >= 0.6 is 0 Å². The third-order valence-corrected chi connectivity index (χ3v) is 3.62. The molecule has 98 valence electrons. The summed E-state index contributed by atoms with van der Waals surface area (Å²) in [5.41, 5.74) is 0. The largest absolute Gasteiger partial charge is 0.480 e. The Morgan fingerprint density at radius 2 is 2.33 bits per heavy atom. The van der Waals surface area contributed by atoms with E-state index in [9.17, 15) is 13.2 Å². The molecule has 2 N–H and O–H groups in total. The third kappa shape index (κ3) is 3.09. The second-order valence-electron chi connectivity index (χ2n) is 3.66. The van der Waals surface area contributed by atoms with Gasteiger partial charge >= 0.3 is 5.97 Å². The van der Waals surface area contributed by atoms with E-state index in [4.69, 9.17) is 11.5 Å². The van der Waals surface area contributed by atoms with Gasteiger partial charge in [0, 0.05) is 19.7 Å². The van der Waals surface area contributed by atoms with E-state index in [1.165, 1.54) is 10.8 Å². The summed E-state index contributed by atoms with van der Waals surface area (Å²) in [6.07, 6.45) is 6.05. The number of nitrogens with one attached hydrogen (secondary N) is 1. The highest BCUT2D eigenvalue weighted by atomic mass is 32.2. The van der Waals surface area contributed by atoms with Gasteiger partial charge in [-0.3, -0.25) is 4.79 Å². The molecule has 18 heavy (non-hydrogen) atoms. The minimum absolute atomic E-state index is 0.231. The number of nitrogens with zero attached hydrogens (tertiary/aromatic N) is 2. The zero-order chi connectivity index (χ0) is 13.9. The molecule has 0 amide bonds. The fourth-order valence-corrected chi connectivity index (χ4v) is 2.43. The van der Waals surface area contributed by atoms with Gasteiger partial charge in [0.1, 0.15) is 11.9 Å². The molecule has 0 aliphatic heterocycles. The number of hydrogen-bond donors (Lipinski definition) is 2. The maximum absolute atomic E-state index is 11.9. The van der Waals surface area contributed by atoms with Crippen LogP contribution in [0, 0.1) is 19.3 Å². The summed E-state index contributed by atoms with van der Waals surface area (Å²) in [5.74, 6) is 1.28. The predicted molar refractivity (Wildman–Crippen MR) is 63.1 cm³/mol. The Morgan fingerprint density at radius 3 is 2.72 bits per heavy atom. The topological polar surface area (TPSA) is 101 Å². The number of imidazole rings is 1. The van der Waals surface area contributed by atoms with Crippen LogP contribution in [-0.2, 0) is 21.9 Å². The van der Waals surface area contributed by atoms with Crippen LogP contribution in [0.25, 0.3) is 0 Å². The average Bonchev–Trinajstić information content (AvgIpc) is 2.59. The van der Waals surface area contributed by atoms with Gasteiger partial charge in [-0.2, -0.15) is 4.72 Å². The number of aryl methyl sites for hydroxylation is 2. The highest BCUT2D eigenvalue weighted by Crippen LogP contribution is 2.09. The average molecular weight is 271 g/mol. The molecular formula is C10H13N3O4S. The summed E-state index contributed by atoms with van der Waals surface area (Å²) in [6.45, 7) is 1.63. The van der Waals surface area contributed by atoms with Gasteiger partial charge in [-0.1, -0.05) is 0 Å². The van der Waals surface area contributed by atoms with Gasteiger partial charge in [-0.25, -0.2) is 13.4 Å². The molecule has 0 spiro atoms. The van der Waals surface area contributed by atoms with Crippen LogP contribution in [0.2, 0.25) is 0 Å². The van der Waals surface area contributed by atoms with Gasteiger partial charge in [-0.05, 0) is 6.92 Å². The molecule has 7 nitrogen and oxygen atoms in total. The second kappa shape index (κ2) is 5.20. The molecule has 1 unspecified atom stereocenters. The zero-order valence-corrected chi connectivity index (χ0v) is 10.7. The van der Waals surface area contributed by atoms with Gasteiger partial charge in [0.05, 0.1) is 0 Å². The predicted octanol–water partition coefficient (Wildman–Crippen LogP) is -0.517. The molecule has 0 aromatic carbocycles. The monoisotopic (exact) mass is 271 g/mol. The SMILES string of the molecule is C#CCC(NS(=O)(=O)c1cn(C)c(C)n1)C(=O)O. The van der Waals surface area contributed by atoms with E-state index in [0.717, 1.165) is 0 Å². The van der Waals surface area contributed by atoms with Gasteiger partial charge < -0.3 is 9.67 Å². The van der Waals surface area contributed by atoms with E-state index < -0.39 is 22.0 Å². The van der Waals surface area contributed by atoms with Crippen molar-refractivity contribution in [1.29, 1.82) is 0 Å². The molecule has 0 bridgehead atoms. The van der Waals surface area contributed by atoms with E-state index >= 15 is 0 Å². The molecule has 1 heterocycles. The smallest absolute Gasteiger partial charge is 0.322 e. The third-order valence-electron chi connectivity index (χ3n) is 2.28. The molecule has 0 aliphatic rings. The lowest BCUT2D eigenvalue weighted by atomic mass is 10.2. The quantitative estimate of drug-likeness (QED) is 0.702. The lowest BCUT2D eigenvalue weighted by Crippen LogP contribution is -2.40. The van der Waals surface area contributed by atoms with Gasteiger partial charge in [0.15, 0.2) is 5.03 Å². The summed E-state index contributed by atoms with van der Waals surface area (Å²) in [6, 6.07) is -1.36. The molecular weight excluding hydrogens is 258 g/mol. The minimum atomic E-state index is -3.99. The maximum Gasteiger partial charge on any atom is 0.322 e. The number of hydrogen-bond acceptors (Lipinski definition) is 4. The van der Waals surface area contributed by atoms with Crippen LogP contribution in [0.4, 0.5) is 0 Å². The number of carboxylic acids is 1. The summed E-state index contributed by atoms with van der Waals surface area (Å²) < 4.78 is 27.3. The first-order chi connectivity index (χ1) is 8.27. The Morgan fingerprint density at radius 1 is 1.72 bits per heavy atom. The Balaban J connectivity index is 3.01. The number of sulfonamides is 1. The number of aliphatic carboxylic acids is 1. The molecule has 0 saturated heterocycles. The highest BCUT2D eigenvalue weighted by Gasteiger charge is 2.26. The molecule has 1 rings (SSSR count). The Hall–Kier alpha value is -1.85. The standard InChI is InChI=1S/C10H13N3O4S/c1-4-5-8(10(14)15)12-18(16,17)9-6-13(3)7(2)11-9/h1,6,8,12H,5H2,2-3H3,(H,14,15). The van der Waals surface area contributed by atoms with Crippen molar-refractivity contribution in [3.8, 4) is 12.3 Å². The molecule has 0 aliphatic carbocycles. The summed E-state index contributed by atoms with van der Waals surface area (Å²) >= 11 is 0. The van der Waals surface area contributed by atoms with E-state index in [0.29, 0.717) is 5.82 Å². The fourth-order valence-electron chi connectivity index (χ4n) is 1.20. The van der Waals surface area contributed by atoms with Crippen LogP contribution in [0.3, 0.4) is 0 Å². The van der Waals surface area contributed by atoms with Crippen molar-refractivity contribution < 1.29 is 18.3 Å². The van der Waals surface area contributed by atoms with Crippen molar-refractivity contribution in [1.82, 2.24) is 14.3 Å². The molecule has 1 aromatic heterocycles. The van der Waals surface area contributed by atoms with Crippen molar-refractivity contribution in [2.45, 2.75) is 24.4 Å². The van der Waals surface area contributed by atoms with Crippen LogP contribution < -0.4 is 4.72 Å². The number of terminal acetylenes is 1. The molecule has 8 heteroatoms. The van der Waals surface area contributed by atoms with Crippen LogP contribution in [0.15, 0.2) is 11.2 Å². The molecule has 0 fully saturated rings. The molecule has 1 atom stereocenters. The van der Waals surface area contributed by atoms with E-state index in [-0.39, 0.29) is 11.4 Å². The van der Waals surface area contributed by atoms with E-state index in [1.807, 2.05) is 4.72 Å². The summed E-state index contributed by atoms with van der Waals surface area (Å²) in [4.78, 5) is 14.6. The zero-order valence-electron chi connectivity index (χ0n) is 9.91. The number of rotatable bonds is 5. The van der Waals surface area contributed by atoms with Crippen LogP contribution in [0.1, 0.15) is 12.2 Å². The van der Waals surface area contributed by atoms with Crippen molar-refractivity contribution >= 4 is 16.0 Å². The van der Waals surface area contributed by atoms with Gasteiger partial charge in [0.25, 0.3) is 10.0 Å². The minimum Gasteiger partial charge on any atom is -0.480 e. The van der Waals surface area contributed by atoms with Crippen molar-refractivity contribution in [2.75, 3.05) is 0 Å². The first-order valence-corrected chi connectivity index (χ1v) is 6.45. The van der Waals surface area contributed by atoms with E-state index in [2.05, 4.69) is 10.9 Å². The first-order valence-electron chi connectivity index (χ1n) is 4.96. The Labute approximate surface area is 105 Å². The Kier molecular flexibility index (Phi) is 4.11. The van der Waals surface area contributed by atoms with Gasteiger partial charge in [0.2, 0.25) is 0 Å².